The van der Waals surface area contributed by atoms with E-state index in [-0.39, 0.29) is 5.91 Å². The highest BCUT2D eigenvalue weighted by molar-refractivity contribution is 7.20. The molecule has 0 aliphatic carbocycles. The summed E-state index contributed by atoms with van der Waals surface area (Å²) >= 11 is 3.25. The highest BCUT2D eigenvalue weighted by Gasteiger charge is 2.09. The second-order valence-electron chi connectivity index (χ2n) is 5.41. The van der Waals surface area contributed by atoms with Crippen LogP contribution in [0, 0.1) is 0 Å². The minimum atomic E-state index is 0.0134. The van der Waals surface area contributed by atoms with Gasteiger partial charge < -0.3 is 10.2 Å². The van der Waals surface area contributed by atoms with E-state index in [2.05, 4.69) is 27.3 Å². The number of thiophene rings is 1. The number of carbonyl (C=O) groups excluding carboxylic acids is 1. The molecule has 2 aromatic heterocycles. The first-order valence-corrected chi connectivity index (χ1v) is 9.49. The Hall–Kier alpha value is -2.18. The van der Waals surface area contributed by atoms with E-state index in [1.807, 2.05) is 48.1 Å². The maximum atomic E-state index is 12.1. The number of aromatic nitrogens is 1. The summed E-state index contributed by atoms with van der Waals surface area (Å²) in [6.07, 6.45) is 0.330. The van der Waals surface area contributed by atoms with Gasteiger partial charge in [0.1, 0.15) is 5.01 Å². The Kier molecular flexibility index (Phi) is 5.61. The molecule has 0 spiro atoms. The van der Waals surface area contributed by atoms with E-state index in [0.717, 1.165) is 27.8 Å². The summed E-state index contributed by atoms with van der Waals surface area (Å²) in [5.41, 5.74) is 1.98. The van der Waals surface area contributed by atoms with Crippen LogP contribution in [0.3, 0.4) is 0 Å². The van der Waals surface area contributed by atoms with Crippen molar-refractivity contribution in [1.82, 2.24) is 10.3 Å². The van der Waals surface area contributed by atoms with E-state index < -0.39 is 0 Å². The smallest absolute Gasteiger partial charge is 0.226 e. The summed E-state index contributed by atoms with van der Waals surface area (Å²) in [6, 6.07) is 14.2. The van der Waals surface area contributed by atoms with E-state index in [1.165, 1.54) is 0 Å². The molecule has 4 nitrogen and oxygen atoms in total. The summed E-state index contributed by atoms with van der Waals surface area (Å²) in [5, 5.41) is 7.94. The third-order valence-electron chi connectivity index (χ3n) is 3.59. The Labute approximate surface area is 149 Å². The van der Waals surface area contributed by atoms with Crippen molar-refractivity contribution < 1.29 is 4.79 Å². The molecule has 3 aromatic rings. The van der Waals surface area contributed by atoms with Gasteiger partial charge in [-0.05, 0) is 23.6 Å². The first-order valence-electron chi connectivity index (χ1n) is 7.73. The van der Waals surface area contributed by atoms with Gasteiger partial charge in [-0.15, -0.1) is 22.7 Å². The zero-order valence-corrected chi connectivity index (χ0v) is 15.1. The maximum Gasteiger partial charge on any atom is 0.226 e. The van der Waals surface area contributed by atoms with Crippen LogP contribution in [0.15, 0.2) is 53.2 Å². The number of nitrogens with one attached hydrogen (secondary N) is 1. The summed E-state index contributed by atoms with van der Waals surface area (Å²) in [4.78, 5) is 19.9. The quantitative estimate of drug-likeness (QED) is 0.702. The van der Waals surface area contributed by atoms with Gasteiger partial charge in [-0.3, -0.25) is 4.79 Å². The van der Waals surface area contributed by atoms with Crippen LogP contribution in [-0.2, 0) is 11.2 Å². The number of anilines is 1. The molecule has 0 radical (unpaired) electrons. The number of para-hydroxylation sites is 1. The molecule has 1 N–H and O–H groups in total. The molecule has 3 rings (SSSR count). The first-order chi connectivity index (χ1) is 11.7. The lowest BCUT2D eigenvalue weighted by Crippen LogP contribution is -2.33. The molecule has 0 saturated carbocycles. The van der Waals surface area contributed by atoms with E-state index in [9.17, 15) is 4.79 Å². The second kappa shape index (κ2) is 8.08. The van der Waals surface area contributed by atoms with Crippen molar-refractivity contribution in [3.05, 3.63) is 58.9 Å². The van der Waals surface area contributed by atoms with Crippen LogP contribution in [0.5, 0.6) is 0 Å². The summed E-state index contributed by atoms with van der Waals surface area (Å²) in [6.45, 7) is 1.39. The van der Waals surface area contributed by atoms with Gasteiger partial charge in [-0.25, -0.2) is 4.98 Å². The van der Waals surface area contributed by atoms with Crippen molar-refractivity contribution in [3.8, 4) is 9.88 Å². The number of rotatable bonds is 7. The van der Waals surface area contributed by atoms with E-state index in [0.29, 0.717) is 13.0 Å². The van der Waals surface area contributed by atoms with Crippen molar-refractivity contribution in [2.75, 3.05) is 25.0 Å². The largest absolute Gasteiger partial charge is 0.373 e. The number of carbonyl (C=O) groups is 1. The van der Waals surface area contributed by atoms with Gasteiger partial charge in [0.25, 0.3) is 0 Å². The van der Waals surface area contributed by atoms with Crippen LogP contribution in [0.1, 0.15) is 5.69 Å². The van der Waals surface area contributed by atoms with Crippen LogP contribution in [0.4, 0.5) is 5.69 Å². The van der Waals surface area contributed by atoms with Crippen LogP contribution >= 0.6 is 22.7 Å². The fraction of sp³-hybridized carbons (Fsp3) is 0.222. The highest BCUT2D eigenvalue weighted by Crippen LogP contribution is 2.27. The van der Waals surface area contributed by atoms with E-state index >= 15 is 0 Å². The van der Waals surface area contributed by atoms with Crippen molar-refractivity contribution in [3.63, 3.8) is 0 Å². The Morgan fingerprint density at radius 1 is 1.17 bits per heavy atom. The Bertz CT molecular complexity index is 769. The van der Waals surface area contributed by atoms with Crippen molar-refractivity contribution in [2.24, 2.45) is 0 Å². The highest BCUT2D eigenvalue weighted by atomic mass is 32.1. The topological polar surface area (TPSA) is 45.2 Å². The predicted octanol–water partition coefficient (Wildman–Crippen LogP) is 3.67. The van der Waals surface area contributed by atoms with E-state index in [1.54, 1.807) is 22.7 Å². The van der Waals surface area contributed by atoms with Crippen molar-refractivity contribution >= 4 is 34.3 Å². The average molecular weight is 358 g/mol. The third-order valence-corrected chi connectivity index (χ3v) is 5.52. The molecule has 0 atom stereocenters. The number of amides is 1. The molecule has 0 aliphatic heterocycles. The van der Waals surface area contributed by atoms with Crippen LogP contribution in [-0.4, -0.2) is 31.0 Å². The van der Waals surface area contributed by atoms with Crippen molar-refractivity contribution in [1.29, 1.82) is 0 Å². The molecule has 124 valence electrons. The molecule has 24 heavy (non-hydrogen) atoms. The summed E-state index contributed by atoms with van der Waals surface area (Å²) < 4.78 is 0. The van der Waals surface area contributed by atoms with Gasteiger partial charge in [0.2, 0.25) is 5.91 Å². The molecule has 2 heterocycles. The third kappa shape index (κ3) is 4.43. The molecular formula is C18H19N3OS2. The summed E-state index contributed by atoms with van der Waals surface area (Å²) in [7, 11) is 2.02. The molecule has 0 aliphatic rings. The molecule has 0 unspecified atom stereocenters. The second-order valence-corrected chi connectivity index (χ2v) is 7.21. The minimum absolute atomic E-state index is 0.0134. The maximum absolute atomic E-state index is 12.1. The fourth-order valence-corrected chi connectivity index (χ4v) is 3.94. The first kappa shape index (κ1) is 16.7. The molecular weight excluding hydrogens is 338 g/mol. The lowest BCUT2D eigenvalue weighted by molar-refractivity contribution is -0.120. The molecule has 1 aromatic carbocycles. The monoisotopic (exact) mass is 357 g/mol. The molecule has 0 fully saturated rings. The number of benzene rings is 1. The number of hydrogen-bond donors (Lipinski definition) is 1. The van der Waals surface area contributed by atoms with E-state index in [4.69, 9.17) is 0 Å². The lowest BCUT2D eigenvalue weighted by atomic mass is 10.3. The predicted molar refractivity (Wildman–Crippen MR) is 102 cm³/mol. The minimum Gasteiger partial charge on any atom is -0.373 e. The van der Waals surface area contributed by atoms with Gasteiger partial charge in [0.15, 0.2) is 0 Å². The zero-order valence-electron chi connectivity index (χ0n) is 13.4. The van der Waals surface area contributed by atoms with Gasteiger partial charge in [-0.1, -0.05) is 24.3 Å². The standard InChI is InChI=1S/C18H19N3OS2/c1-21(15-6-3-2-4-7-15)10-9-19-17(22)12-14-13-24-18(20-14)16-8-5-11-23-16/h2-8,11,13H,9-10,12H2,1H3,(H,19,22). The Morgan fingerprint density at radius 3 is 2.75 bits per heavy atom. The SMILES string of the molecule is CN(CCNC(=O)Cc1csc(-c2cccs2)n1)c1ccccc1. The van der Waals surface area contributed by atoms with Gasteiger partial charge in [0, 0.05) is 31.2 Å². The van der Waals surface area contributed by atoms with Crippen LogP contribution in [0.2, 0.25) is 0 Å². The van der Waals surface area contributed by atoms with Crippen LogP contribution in [0.25, 0.3) is 9.88 Å². The van der Waals surface area contributed by atoms with Gasteiger partial charge in [0.05, 0.1) is 17.0 Å². The molecule has 0 saturated heterocycles. The van der Waals surface area contributed by atoms with Crippen LogP contribution < -0.4 is 10.2 Å². The number of thiazole rings is 1. The Balaban J connectivity index is 1.44. The van der Waals surface area contributed by atoms with Gasteiger partial charge in [-0.2, -0.15) is 0 Å². The number of likely N-dealkylation sites (N-methyl/N-ethyl adjacent to an activating group) is 1. The van der Waals surface area contributed by atoms with Gasteiger partial charge >= 0.3 is 0 Å². The molecule has 0 bridgehead atoms. The zero-order chi connectivity index (χ0) is 16.8. The summed E-state index contributed by atoms with van der Waals surface area (Å²) in [5.74, 6) is 0.0134. The average Bonchev–Trinajstić information content (AvgIpc) is 3.27. The molecule has 1 amide bonds. The molecule has 6 heteroatoms. The number of nitrogens with zero attached hydrogens (tertiary/aromatic N) is 2. The lowest BCUT2D eigenvalue weighted by Gasteiger charge is -2.19. The Morgan fingerprint density at radius 2 is 2.00 bits per heavy atom. The fourth-order valence-electron chi connectivity index (χ4n) is 2.30. The normalized spacial score (nSPS) is 10.5. The van der Waals surface area contributed by atoms with Crippen molar-refractivity contribution in [2.45, 2.75) is 6.42 Å². The number of hydrogen-bond acceptors (Lipinski definition) is 5.